The maximum Gasteiger partial charge on any atom is 0.267 e. The van der Waals surface area contributed by atoms with E-state index in [-0.39, 0.29) is 11.3 Å². The van der Waals surface area contributed by atoms with Gasteiger partial charge in [-0.25, -0.2) is 8.78 Å². The highest BCUT2D eigenvalue weighted by Gasteiger charge is 2.33. The lowest BCUT2D eigenvalue weighted by Gasteiger charge is -2.35. The minimum absolute atomic E-state index is 0.0644. The van der Waals surface area contributed by atoms with Crippen LogP contribution < -0.4 is 10.5 Å². The molecule has 4 heteroatoms. The van der Waals surface area contributed by atoms with Crippen molar-refractivity contribution in [3.05, 3.63) is 29.3 Å². The van der Waals surface area contributed by atoms with Gasteiger partial charge in [0, 0.05) is 11.1 Å². The highest BCUT2D eigenvalue weighted by atomic mass is 19.3. The van der Waals surface area contributed by atoms with Gasteiger partial charge in [-0.2, -0.15) is 0 Å². The molecule has 0 spiro atoms. The van der Waals surface area contributed by atoms with Gasteiger partial charge in [-0.05, 0) is 18.9 Å². The first-order valence-electron chi connectivity index (χ1n) is 6.33. The Bertz CT molecular complexity index is 414. The number of hydrogen-bond donors (Lipinski definition) is 1. The molecule has 0 radical (unpaired) electrons. The zero-order valence-electron chi connectivity index (χ0n) is 10.6. The third-order valence-corrected chi connectivity index (χ3v) is 3.77. The Labute approximate surface area is 106 Å². The van der Waals surface area contributed by atoms with Crippen molar-refractivity contribution < 1.29 is 13.5 Å². The molecule has 1 aliphatic rings. The minimum atomic E-state index is -2.54. The van der Waals surface area contributed by atoms with Crippen LogP contribution in [0.15, 0.2) is 18.2 Å². The molecule has 1 aromatic rings. The van der Waals surface area contributed by atoms with Crippen LogP contribution in [0.1, 0.15) is 49.7 Å². The maximum absolute atomic E-state index is 13.0. The first-order chi connectivity index (χ1) is 8.58. The molecule has 2 nitrogen and oxygen atoms in total. The van der Waals surface area contributed by atoms with Crippen molar-refractivity contribution in [1.29, 1.82) is 0 Å². The molecule has 0 unspecified atom stereocenters. The predicted molar refractivity (Wildman–Crippen MR) is 66.9 cm³/mol. The summed E-state index contributed by atoms with van der Waals surface area (Å²) >= 11 is 0. The third kappa shape index (κ3) is 2.34. The molecule has 0 bridgehead atoms. The average molecular weight is 255 g/mol. The molecule has 0 heterocycles. The van der Waals surface area contributed by atoms with Crippen molar-refractivity contribution in [1.82, 2.24) is 0 Å². The molecule has 18 heavy (non-hydrogen) atoms. The molecular formula is C14H19F2NO. The van der Waals surface area contributed by atoms with Gasteiger partial charge in [-0.1, -0.05) is 31.4 Å². The fourth-order valence-corrected chi connectivity index (χ4v) is 2.80. The zero-order valence-corrected chi connectivity index (χ0v) is 10.6. The Balaban J connectivity index is 2.46. The smallest absolute Gasteiger partial charge is 0.267 e. The molecule has 1 aliphatic carbocycles. The molecule has 0 aliphatic heterocycles. The first-order valence-corrected chi connectivity index (χ1v) is 6.33. The number of methoxy groups -OCH3 is 1. The standard InChI is InChI=1S/C14H19F2NO/c1-18-12-10(13(15)16)6-5-7-11(12)14(17)8-3-2-4-9-14/h5-7,13H,2-4,8-9,17H2,1H3. The van der Waals surface area contributed by atoms with E-state index < -0.39 is 12.0 Å². The van der Waals surface area contributed by atoms with E-state index in [0.717, 1.165) is 37.7 Å². The number of halogens is 2. The van der Waals surface area contributed by atoms with Crippen molar-refractivity contribution in [2.75, 3.05) is 7.11 Å². The summed E-state index contributed by atoms with van der Waals surface area (Å²) in [6.45, 7) is 0. The highest BCUT2D eigenvalue weighted by molar-refractivity contribution is 5.46. The van der Waals surface area contributed by atoms with Gasteiger partial charge in [-0.3, -0.25) is 0 Å². The van der Waals surface area contributed by atoms with E-state index in [0.29, 0.717) is 0 Å². The molecule has 1 saturated carbocycles. The number of alkyl halides is 2. The van der Waals surface area contributed by atoms with Gasteiger partial charge >= 0.3 is 0 Å². The van der Waals surface area contributed by atoms with Gasteiger partial charge in [0.25, 0.3) is 6.43 Å². The monoisotopic (exact) mass is 255 g/mol. The van der Waals surface area contributed by atoms with Gasteiger partial charge in [0.1, 0.15) is 5.75 Å². The molecule has 2 N–H and O–H groups in total. The average Bonchev–Trinajstić information content (AvgIpc) is 2.38. The second-order valence-corrected chi connectivity index (χ2v) is 4.95. The summed E-state index contributed by atoms with van der Waals surface area (Å²) in [6, 6.07) is 4.86. The largest absolute Gasteiger partial charge is 0.496 e. The van der Waals surface area contributed by atoms with E-state index in [1.54, 1.807) is 6.07 Å². The Morgan fingerprint density at radius 2 is 1.89 bits per heavy atom. The van der Waals surface area contributed by atoms with Gasteiger partial charge in [0.2, 0.25) is 0 Å². The number of ether oxygens (including phenoxy) is 1. The van der Waals surface area contributed by atoms with Crippen LogP contribution in [0, 0.1) is 0 Å². The topological polar surface area (TPSA) is 35.2 Å². The summed E-state index contributed by atoms with van der Waals surface area (Å²) in [6.07, 6.45) is 2.37. The maximum atomic E-state index is 13.0. The van der Waals surface area contributed by atoms with Crippen LogP contribution in [0.2, 0.25) is 0 Å². The van der Waals surface area contributed by atoms with Gasteiger partial charge in [0.05, 0.1) is 12.7 Å². The quantitative estimate of drug-likeness (QED) is 0.892. The summed E-state index contributed by atoms with van der Waals surface area (Å²) in [5.74, 6) is 0.261. The van der Waals surface area contributed by atoms with Crippen LogP contribution in [0.3, 0.4) is 0 Å². The highest BCUT2D eigenvalue weighted by Crippen LogP contribution is 2.42. The van der Waals surface area contributed by atoms with Gasteiger partial charge < -0.3 is 10.5 Å². The molecule has 100 valence electrons. The Morgan fingerprint density at radius 3 is 2.44 bits per heavy atom. The van der Waals surface area contributed by atoms with Crippen LogP contribution in [-0.2, 0) is 5.54 Å². The lowest BCUT2D eigenvalue weighted by molar-refractivity contribution is 0.146. The van der Waals surface area contributed by atoms with E-state index in [1.807, 2.05) is 6.07 Å². The summed E-state index contributed by atoms with van der Waals surface area (Å²) in [5, 5.41) is 0. The van der Waals surface area contributed by atoms with Crippen molar-refractivity contribution >= 4 is 0 Å². The minimum Gasteiger partial charge on any atom is -0.496 e. The van der Waals surface area contributed by atoms with Crippen molar-refractivity contribution in [2.45, 2.75) is 44.1 Å². The molecular weight excluding hydrogens is 236 g/mol. The van der Waals surface area contributed by atoms with Crippen LogP contribution in [-0.4, -0.2) is 7.11 Å². The Hall–Kier alpha value is -1.16. The van der Waals surface area contributed by atoms with Crippen molar-refractivity contribution in [2.24, 2.45) is 5.73 Å². The number of para-hydroxylation sites is 1. The number of hydrogen-bond acceptors (Lipinski definition) is 2. The molecule has 2 rings (SSSR count). The SMILES string of the molecule is COc1c(C(F)F)cccc1C1(N)CCCCC1. The van der Waals surface area contributed by atoms with Crippen LogP contribution in [0.5, 0.6) is 5.75 Å². The molecule has 0 amide bonds. The lowest BCUT2D eigenvalue weighted by Crippen LogP contribution is -2.39. The zero-order chi connectivity index (χ0) is 13.2. The Morgan fingerprint density at radius 1 is 1.22 bits per heavy atom. The third-order valence-electron chi connectivity index (χ3n) is 3.77. The van der Waals surface area contributed by atoms with Gasteiger partial charge in [0.15, 0.2) is 0 Å². The Kier molecular flexibility index (Phi) is 3.85. The summed E-state index contributed by atoms with van der Waals surface area (Å²) in [4.78, 5) is 0. The number of benzene rings is 1. The summed E-state index contributed by atoms with van der Waals surface area (Å²) < 4.78 is 31.1. The predicted octanol–water partition coefficient (Wildman–Crippen LogP) is 3.75. The van der Waals surface area contributed by atoms with Crippen molar-refractivity contribution in [3.63, 3.8) is 0 Å². The van der Waals surface area contributed by atoms with E-state index >= 15 is 0 Å². The van der Waals surface area contributed by atoms with E-state index in [1.165, 1.54) is 13.2 Å². The number of rotatable bonds is 3. The lowest BCUT2D eigenvalue weighted by atomic mass is 9.76. The normalized spacial score (nSPS) is 18.9. The molecule has 1 fully saturated rings. The first kappa shape index (κ1) is 13.3. The second kappa shape index (κ2) is 5.22. The molecule has 0 atom stereocenters. The van der Waals surface area contributed by atoms with Crippen LogP contribution in [0.25, 0.3) is 0 Å². The summed E-state index contributed by atoms with van der Waals surface area (Å²) in [7, 11) is 1.43. The molecule has 0 saturated heterocycles. The van der Waals surface area contributed by atoms with E-state index in [9.17, 15) is 8.78 Å². The second-order valence-electron chi connectivity index (χ2n) is 4.95. The van der Waals surface area contributed by atoms with E-state index in [4.69, 9.17) is 10.5 Å². The van der Waals surface area contributed by atoms with Crippen LogP contribution in [0.4, 0.5) is 8.78 Å². The van der Waals surface area contributed by atoms with Gasteiger partial charge in [-0.15, -0.1) is 0 Å². The number of nitrogens with two attached hydrogens (primary N) is 1. The fraction of sp³-hybridized carbons (Fsp3) is 0.571. The fourth-order valence-electron chi connectivity index (χ4n) is 2.80. The van der Waals surface area contributed by atoms with E-state index in [2.05, 4.69) is 0 Å². The molecule has 1 aromatic carbocycles. The summed E-state index contributed by atoms with van der Waals surface area (Å²) in [5.41, 5.74) is 6.54. The molecule has 0 aromatic heterocycles. The van der Waals surface area contributed by atoms with Crippen molar-refractivity contribution in [3.8, 4) is 5.75 Å². The van der Waals surface area contributed by atoms with Crippen LogP contribution >= 0.6 is 0 Å².